The topological polar surface area (TPSA) is 37.5 Å². The number of aryl methyl sites for hydroxylation is 6. The first-order valence-corrected chi connectivity index (χ1v) is 17.5. The van der Waals surface area contributed by atoms with Crippen LogP contribution in [0.15, 0.2) is 102 Å². The predicted octanol–water partition coefficient (Wildman–Crippen LogP) is 9.12. The standard InChI is InChI=1S/C39H35BrN2OP/c1-23-15-24(2)18-31(17-23)44(43,32-19-25(3)16-26(4)20-32)36-14-11-29-9-7-8-10-33(29)37(36)38-39-27(5)21-28(6)42(39)35-22-30(40)12-13-34(35)41-38/h7-22,43H,1-6H3/q+1. The highest BCUT2D eigenvalue weighted by molar-refractivity contribution is 9.10. The van der Waals surface area contributed by atoms with Gasteiger partial charge in [-0.1, -0.05) is 58.4 Å². The fraction of sp³-hybridized carbons (Fsp3) is 0.154. The molecule has 0 radical (unpaired) electrons. The SMILES string of the molecule is Cc1cc(C)cc([P+](O)(c2cc(C)cc(C)c2)c2ccc3ccccc3c2-c2nc3ccc(Br)cc3n3c(C)cc(C)c23)c1. The highest BCUT2D eigenvalue weighted by Crippen LogP contribution is 2.55. The van der Waals surface area contributed by atoms with Crippen LogP contribution in [-0.4, -0.2) is 14.3 Å². The minimum atomic E-state index is -3.15. The highest BCUT2D eigenvalue weighted by atomic mass is 79.9. The van der Waals surface area contributed by atoms with E-state index in [1.165, 1.54) is 0 Å². The van der Waals surface area contributed by atoms with Crippen LogP contribution in [0.1, 0.15) is 33.5 Å². The Bertz CT molecular complexity index is 2190. The lowest BCUT2D eigenvalue weighted by Gasteiger charge is -2.25. The van der Waals surface area contributed by atoms with Crippen molar-refractivity contribution in [1.82, 2.24) is 9.38 Å². The third-order valence-corrected chi connectivity index (χ3v) is 12.2. The molecule has 7 aromatic rings. The lowest BCUT2D eigenvalue weighted by Crippen LogP contribution is -2.33. The normalized spacial score (nSPS) is 12.1. The van der Waals surface area contributed by atoms with E-state index in [0.717, 1.165) is 92.5 Å². The molecule has 44 heavy (non-hydrogen) atoms. The minimum absolute atomic E-state index is 0.893. The molecule has 0 aliphatic carbocycles. The van der Waals surface area contributed by atoms with Gasteiger partial charge in [0, 0.05) is 10.2 Å². The van der Waals surface area contributed by atoms with E-state index in [0.29, 0.717) is 0 Å². The first-order chi connectivity index (χ1) is 21.0. The molecule has 3 nitrogen and oxygen atoms in total. The van der Waals surface area contributed by atoms with Crippen molar-refractivity contribution in [1.29, 1.82) is 0 Å². The summed E-state index contributed by atoms with van der Waals surface area (Å²) in [7, 11) is -3.15. The van der Waals surface area contributed by atoms with Crippen LogP contribution in [0.4, 0.5) is 0 Å². The number of aromatic nitrogens is 2. The Hall–Kier alpha value is -3.82. The molecule has 0 spiro atoms. The number of rotatable bonds is 4. The van der Waals surface area contributed by atoms with Crippen LogP contribution in [0.3, 0.4) is 0 Å². The second-order valence-electron chi connectivity index (χ2n) is 12.3. The first kappa shape index (κ1) is 28.9. The van der Waals surface area contributed by atoms with E-state index >= 15 is 0 Å². The molecular weight excluding hydrogens is 623 g/mol. The second kappa shape index (κ2) is 10.7. The fourth-order valence-electron chi connectivity index (χ4n) is 7.00. The summed E-state index contributed by atoms with van der Waals surface area (Å²) >= 11 is 3.69. The predicted molar refractivity (Wildman–Crippen MR) is 193 cm³/mol. The van der Waals surface area contributed by atoms with Crippen LogP contribution in [-0.2, 0) is 0 Å². The lowest BCUT2D eigenvalue weighted by atomic mass is 10.00. The van der Waals surface area contributed by atoms with Crippen LogP contribution in [0, 0.1) is 41.5 Å². The first-order valence-electron chi connectivity index (χ1n) is 14.9. The van der Waals surface area contributed by atoms with Crippen molar-refractivity contribution < 1.29 is 4.89 Å². The van der Waals surface area contributed by atoms with Crippen molar-refractivity contribution >= 4 is 66.7 Å². The van der Waals surface area contributed by atoms with Gasteiger partial charge in [0.2, 0.25) is 7.49 Å². The van der Waals surface area contributed by atoms with Crippen LogP contribution in [0.2, 0.25) is 0 Å². The molecule has 7 rings (SSSR count). The van der Waals surface area contributed by atoms with Crippen LogP contribution < -0.4 is 15.9 Å². The van der Waals surface area contributed by atoms with Gasteiger partial charge in [-0.2, -0.15) is 0 Å². The van der Waals surface area contributed by atoms with E-state index in [1.807, 2.05) is 0 Å². The van der Waals surface area contributed by atoms with Crippen molar-refractivity contribution in [2.45, 2.75) is 41.5 Å². The Kier molecular flexibility index (Phi) is 7.01. The Labute approximate surface area is 267 Å². The van der Waals surface area contributed by atoms with Gasteiger partial charge >= 0.3 is 0 Å². The molecule has 5 aromatic carbocycles. The van der Waals surface area contributed by atoms with Gasteiger partial charge in [0.15, 0.2) is 0 Å². The molecule has 0 aliphatic rings. The molecule has 0 fully saturated rings. The maximum Gasteiger partial charge on any atom is 0.239 e. The van der Waals surface area contributed by atoms with Gasteiger partial charge in [-0.3, -0.25) is 0 Å². The van der Waals surface area contributed by atoms with Crippen LogP contribution >= 0.6 is 23.4 Å². The summed E-state index contributed by atoms with van der Waals surface area (Å²) in [6, 6.07) is 34.4. The molecule has 0 bridgehead atoms. The van der Waals surface area contributed by atoms with E-state index in [-0.39, 0.29) is 0 Å². The number of halogens is 1. The van der Waals surface area contributed by atoms with Crippen LogP contribution in [0.5, 0.6) is 0 Å². The zero-order chi connectivity index (χ0) is 30.9. The van der Waals surface area contributed by atoms with Crippen molar-refractivity contribution in [3.63, 3.8) is 0 Å². The van der Waals surface area contributed by atoms with Crippen molar-refractivity contribution in [3.05, 3.63) is 135 Å². The summed E-state index contributed by atoms with van der Waals surface area (Å²) in [5.74, 6) is 0. The maximum absolute atomic E-state index is 13.6. The molecule has 0 atom stereocenters. The molecule has 0 aliphatic heterocycles. The van der Waals surface area contributed by atoms with Gasteiger partial charge in [-0.05, 0) is 135 Å². The smallest absolute Gasteiger partial charge is 0.239 e. The molecule has 0 saturated carbocycles. The van der Waals surface area contributed by atoms with Crippen molar-refractivity contribution in [3.8, 4) is 11.3 Å². The summed E-state index contributed by atoms with van der Waals surface area (Å²) in [5, 5.41) is 5.05. The zero-order valence-electron chi connectivity index (χ0n) is 25.9. The van der Waals surface area contributed by atoms with Crippen molar-refractivity contribution in [2.75, 3.05) is 0 Å². The number of fused-ring (bicyclic) bond motifs is 4. The minimum Gasteiger partial charge on any atom is -0.310 e. The third-order valence-electron chi connectivity index (χ3n) is 8.66. The molecule has 5 heteroatoms. The monoisotopic (exact) mass is 657 g/mol. The lowest BCUT2D eigenvalue weighted by molar-refractivity contribution is 0.633. The van der Waals surface area contributed by atoms with E-state index in [9.17, 15) is 4.89 Å². The number of hydrogen-bond donors (Lipinski definition) is 1. The maximum atomic E-state index is 13.6. The Morgan fingerprint density at radius 1 is 0.682 bits per heavy atom. The van der Waals surface area contributed by atoms with Gasteiger partial charge in [-0.15, -0.1) is 0 Å². The van der Waals surface area contributed by atoms with E-state index < -0.39 is 7.49 Å². The Morgan fingerprint density at radius 3 is 1.93 bits per heavy atom. The van der Waals surface area contributed by atoms with E-state index in [4.69, 9.17) is 4.98 Å². The molecule has 2 aromatic heterocycles. The second-order valence-corrected chi connectivity index (χ2v) is 16.0. The van der Waals surface area contributed by atoms with E-state index in [1.54, 1.807) is 0 Å². The molecular formula is C39H35BrN2OP+. The fourth-order valence-corrected chi connectivity index (χ4v) is 10.6. The van der Waals surface area contributed by atoms with Crippen molar-refractivity contribution in [2.24, 2.45) is 0 Å². The Balaban J connectivity index is 1.70. The zero-order valence-corrected chi connectivity index (χ0v) is 28.4. The summed E-state index contributed by atoms with van der Waals surface area (Å²) in [6.07, 6.45) is 0. The average molecular weight is 659 g/mol. The molecule has 0 saturated heterocycles. The number of hydrogen-bond acceptors (Lipinski definition) is 2. The summed E-state index contributed by atoms with van der Waals surface area (Å²) < 4.78 is 3.34. The van der Waals surface area contributed by atoms with Gasteiger partial charge in [0.1, 0.15) is 21.6 Å². The number of nitrogens with zero attached hydrogens (tertiary/aromatic N) is 2. The summed E-state index contributed by atoms with van der Waals surface area (Å²) in [4.78, 5) is 19.0. The van der Waals surface area contributed by atoms with Gasteiger partial charge < -0.3 is 4.40 Å². The number of benzene rings is 5. The van der Waals surface area contributed by atoms with Gasteiger partial charge in [0.25, 0.3) is 0 Å². The molecule has 1 N–H and O–H groups in total. The van der Waals surface area contributed by atoms with E-state index in [2.05, 4.69) is 159 Å². The Morgan fingerprint density at radius 2 is 1.30 bits per heavy atom. The van der Waals surface area contributed by atoms with Gasteiger partial charge in [-0.25, -0.2) is 9.88 Å². The van der Waals surface area contributed by atoms with Gasteiger partial charge in [0.05, 0.1) is 22.1 Å². The summed E-state index contributed by atoms with van der Waals surface area (Å²) in [6.45, 7) is 12.8. The third kappa shape index (κ3) is 4.59. The molecule has 0 amide bonds. The largest absolute Gasteiger partial charge is 0.310 e. The molecule has 218 valence electrons. The molecule has 2 heterocycles. The summed E-state index contributed by atoms with van der Waals surface area (Å²) in [5.41, 5.74) is 11.8. The average Bonchev–Trinajstić information content (AvgIpc) is 3.28. The quantitative estimate of drug-likeness (QED) is 0.192. The van der Waals surface area contributed by atoms with Crippen LogP contribution in [0.25, 0.3) is 38.6 Å². The highest BCUT2D eigenvalue weighted by Gasteiger charge is 2.48. The molecule has 0 unspecified atom stereocenters.